The topological polar surface area (TPSA) is 66.5 Å². The van der Waals surface area contributed by atoms with Crippen LogP contribution < -0.4 is 10.6 Å². The van der Waals surface area contributed by atoms with Crippen LogP contribution >= 0.6 is 0 Å². The zero-order valence-electron chi connectivity index (χ0n) is 13.1. The number of anilines is 1. The first-order chi connectivity index (χ1) is 11.2. The first kappa shape index (κ1) is 16.1. The van der Waals surface area contributed by atoms with E-state index in [-0.39, 0.29) is 12.1 Å². The highest BCUT2D eigenvalue weighted by atomic mass is 19.1. The van der Waals surface area contributed by atoms with E-state index in [1.165, 1.54) is 12.1 Å². The van der Waals surface area contributed by atoms with Gasteiger partial charge in [0.15, 0.2) is 0 Å². The Morgan fingerprint density at radius 2 is 2.17 bits per heavy atom. The maximum absolute atomic E-state index is 12.8. The van der Waals surface area contributed by atoms with E-state index in [0.29, 0.717) is 11.7 Å². The number of hydrogen-bond acceptors (Lipinski definition) is 4. The minimum atomic E-state index is -0.420. The fourth-order valence-corrected chi connectivity index (χ4v) is 3.14. The van der Waals surface area contributed by atoms with Gasteiger partial charge in [-0.15, -0.1) is 0 Å². The Bertz CT molecular complexity index is 511. The van der Waals surface area contributed by atoms with Crippen molar-refractivity contribution < 1.29 is 13.9 Å². The molecule has 2 aliphatic rings. The number of urea groups is 1. The summed E-state index contributed by atoms with van der Waals surface area (Å²) in [7, 11) is 0. The van der Waals surface area contributed by atoms with Crippen LogP contribution in [0.3, 0.4) is 0 Å². The molecule has 0 saturated carbocycles. The van der Waals surface area contributed by atoms with Gasteiger partial charge in [0.1, 0.15) is 11.6 Å². The molecule has 0 aliphatic carbocycles. The molecule has 2 saturated heterocycles. The normalized spacial score (nSPS) is 22.9. The second kappa shape index (κ2) is 7.70. The summed E-state index contributed by atoms with van der Waals surface area (Å²) >= 11 is 0. The number of pyridine rings is 1. The van der Waals surface area contributed by atoms with Crippen molar-refractivity contribution in [3.8, 4) is 0 Å². The summed E-state index contributed by atoms with van der Waals surface area (Å²) in [6.45, 7) is 4.86. The minimum absolute atomic E-state index is 0.173. The number of halogens is 1. The number of nitrogens with one attached hydrogen (secondary N) is 2. The molecule has 0 radical (unpaired) electrons. The molecular weight excluding hydrogens is 299 g/mol. The monoisotopic (exact) mass is 322 g/mol. The number of likely N-dealkylation sites (tertiary alicyclic amines) is 1. The Morgan fingerprint density at radius 1 is 1.35 bits per heavy atom. The Kier molecular flexibility index (Phi) is 5.40. The lowest BCUT2D eigenvalue weighted by Gasteiger charge is -2.33. The summed E-state index contributed by atoms with van der Waals surface area (Å²) in [5.41, 5.74) is 0. The number of piperidine rings is 1. The van der Waals surface area contributed by atoms with Gasteiger partial charge in [0.2, 0.25) is 0 Å². The van der Waals surface area contributed by atoms with Crippen molar-refractivity contribution in [2.75, 3.05) is 38.2 Å². The molecule has 0 spiro atoms. The van der Waals surface area contributed by atoms with Crippen molar-refractivity contribution in [2.24, 2.45) is 5.92 Å². The van der Waals surface area contributed by atoms with E-state index in [9.17, 15) is 9.18 Å². The molecule has 3 heterocycles. The molecule has 6 nitrogen and oxygen atoms in total. The van der Waals surface area contributed by atoms with E-state index in [0.717, 1.165) is 58.3 Å². The second-order valence-electron chi connectivity index (χ2n) is 6.26. The summed E-state index contributed by atoms with van der Waals surface area (Å²) in [6.07, 6.45) is 4.13. The number of nitrogens with zero attached hydrogens (tertiary/aromatic N) is 2. The summed E-state index contributed by atoms with van der Waals surface area (Å²) in [4.78, 5) is 18.2. The predicted octanol–water partition coefficient (Wildman–Crippen LogP) is 1.84. The third-order valence-electron chi connectivity index (χ3n) is 4.43. The Labute approximate surface area is 135 Å². The van der Waals surface area contributed by atoms with E-state index in [4.69, 9.17) is 4.74 Å². The number of amides is 2. The van der Waals surface area contributed by atoms with Crippen molar-refractivity contribution in [2.45, 2.75) is 25.3 Å². The van der Waals surface area contributed by atoms with Crippen molar-refractivity contribution in [1.29, 1.82) is 0 Å². The van der Waals surface area contributed by atoms with Crippen LogP contribution in [0.1, 0.15) is 19.3 Å². The number of carbonyl (C=O) groups excluding carboxylic acids is 1. The fourth-order valence-electron chi connectivity index (χ4n) is 3.14. The van der Waals surface area contributed by atoms with Crippen LogP contribution in [0.2, 0.25) is 0 Å². The molecule has 0 aromatic carbocycles. The molecule has 0 bridgehead atoms. The van der Waals surface area contributed by atoms with E-state index in [2.05, 4.69) is 20.5 Å². The molecule has 3 rings (SSSR count). The molecule has 0 unspecified atom stereocenters. The molecule has 2 amide bonds. The Hall–Kier alpha value is -1.73. The third kappa shape index (κ3) is 4.87. The van der Waals surface area contributed by atoms with Crippen molar-refractivity contribution in [3.05, 3.63) is 24.1 Å². The third-order valence-corrected chi connectivity index (χ3v) is 4.43. The molecule has 2 aliphatic heterocycles. The molecule has 1 atom stereocenters. The highest BCUT2D eigenvalue weighted by Crippen LogP contribution is 2.17. The van der Waals surface area contributed by atoms with Crippen LogP contribution in [0.15, 0.2) is 18.3 Å². The standard InChI is InChI=1S/C16H23FN4O2/c17-13-1-2-15(18-9-13)20-16(22)19-14-3-6-21(7-4-14)10-12-5-8-23-11-12/h1-2,9,12,14H,3-8,10-11H2,(H2,18,19,20,22)/t12-/m1/s1. The molecule has 2 N–H and O–H groups in total. The fraction of sp³-hybridized carbons (Fsp3) is 0.625. The highest BCUT2D eigenvalue weighted by Gasteiger charge is 2.24. The second-order valence-corrected chi connectivity index (χ2v) is 6.26. The van der Waals surface area contributed by atoms with Gasteiger partial charge in [0, 0.05) is 32.3 Å². The van der Waals surface area contributed by atoms with Gasteiger partial charge in [-0.1, -0.05) is 0 Å². The van der Waals surface area contributed by atoms with Crippen LogP contribution in [0, 0.1) is 11.7 Å². The molecular formula is C16H23FN4O2. The Morgan fingerprint density at radius 3 is 2.83 bits per heavy atom. The van der Waals surface area contributed by atoms with Crippen molar-refractivity contribution >= 4 is 11.8 Å². The van der Waals surface area contributed by atoms with Gasteiger partial charge in [-0.2, -0.15) is 0 Å². The minimum Gasteiger partial charge on any atom is -0.381 e. The Balaban J connectivity index is 1.37. The zero-order chi connectivity index (χ0) is 16.1. The molecule has 23 heavy (non-hydrogen) atoms. The lowest BCUT2D eigenvalue weighted by molar-refractivity contribution is 0.148. The van der Waals surface area contributed by atoms with E-state index in [1.807, 2.05) is 0 Å². The number of aromatic nitrogens is 1. The summed E-state index contributed by atoms with van der Waals surface area (Å²) in [6, 6.07) is 2.60. The van der Waals surface area contributed by atoms with Gasteiger partial charge in [0.25, 0.3) is 0 Å². The molecule has 126 valence electrons. The summed E-state index contributed by atoms with van der Waals surface area (Å²) in [5.74, 6) is 0.589. The van der Waals surface area contributed by atoms with Gasteiger partial charge in [-0.25, -0.2) is 14.2 Å². The zero-order valence-corrected chi connectivity index (χ0v) is 13.1. The SMILES string of the molecule is O=C(Nc1ccc(F)cn1)NC1CCN(C[C@H]2CCOC2)CC1. The molecule has 2 fully saturated rings. The van der Waals surface area contributed by atoms with Crippen molar-refractivity contribution in [1.82, 2.24) is 15.2 Å². The lowest BCUT2D eigenvalue weighted by atomic mass is 10.0. The van der Waals surface area contributed by atoms with Crippen molar-refractivity contribution in [3.63, 3.8) is 0 Å². The van der Waals surface area contributed by atoms with Gasteiger partial charge in [-0.3, -0.25) is 5.32 Å². The molecule has 1 aromatic rings. The van der Waals surface area contributed by atoms with Gasteiger partial charge in [-0.05, 0) is 37.3 Å². The predicted molar refractivity (Wildman–Crippen MR) is 84.7 cm³/mol. The average molecular weight is 322 g/mol. The molecule has 7 heteroatoms. The number of ether oxygens (including phenoxy) is 1. The maximum atomic E-state index is 12.8. The van der Waals surface area contributed by atoms with Gasteiger partial charge in [0.05, 0.1) is 12.8 Å². The molecule has 1 aromatic heterocycles. The highest BCUT2D eigenvalue weighted by molar-refractivity contribution is 5.88. The summed E-state index contributed by atoms with van der Waals surface area (Å²) < 4.78 is 18.2. The first-order valence-electron chi connectivity index (χ1n) is 8.18. The van der Waals surface area contributed by atoms with E-state index >= 15 is 0 Å². The summed E-state index contributed by atoms with van der Waals surface area (Å²) in [5, 5.41) is 5.59. The van der Waals surface area contributed by atoms with Crippen LogP contribution in [0.5, 0.6) is 0 Å². The van der Waals surface area contributed by atoms with E-state index < -0.39 is 5.82 Å². The van der Waals surface area contributed by atoms with E-state index in [1.54, 1.807) is 0 Å². The quantitative estimate of drug-likeness (QED) is 0.888. The number of carbonyl (C=O) groups is 1. The smallest absolute Gasteiger partial charge is 0.320 e. The first-order valence-corrected chi connectivity index (χ1v) is 8.18. The van der Waals surface area contributed by atoms with Crippen LogP contribution in [0.25, 0.3) is 0 Å². The van der Waals surface area contributed by atoms with Crippen LogP contribution in [-0.2, 0) is 4.74 Å². The number of hydrogen-bond donors (Lipinski definition) is 2. The number of rotatable bonds is 4. The lowest BCUT2D eigenvalue weighted by Crippen LogP contribution is -2.47. The van der Waals surface area contributed by atoms with Crippen LogP contribution in [0.4, 0.5) is 15.0 Å². The largest absolute Gasteiger partial charge is 0.381 e. The van der Waals surface area contributed by atoms with Gasteiger partial charge < -0.3 is 15.0 Å². The van der Waals surface area contributed by atoms with Gasteiger partial charge >= 0.3 is 6.03 Å². The average Bonchev–Trinajstić information content (AvgIpc) is 3.04. The van der Waals surface area contributed by atoms with Crippen LogP contribution in [-0.4, -0.2) is 54.8 Å². The maximum Gasteiger partial charge on any atom is 0.320 e.